The van der Waals surface area contributed by atoms with Crippen LogP contribution < -0.4 is 21.3 Å². The van der Waals surface area contributed by atoms with Crippen LogP contribution in [0, 0.1) is 19.3 Å². The first-order valence-corrected chi connectivity index (χ1v) is 14.6. The molecule has 0 radical (unpaired) electrons. The van der Waals surface area contributed by atoms with E-state index in [9.17, 15) is 0 Å². The fourth-order valence-electron chi connectivity index (χ4n) is 6.03. The summed E-state index contributed by atoms with van der Waals surface area (Å²) in [5.41, 5.74) is 17.4. The molecule has 0 amide bonds. The molecule has 4 N–H and O–H groups in total. The van der Waals surface area contributed by atoms with Gasteiger partial charge in [0.25, 0.3) is 0 Å². The second-order valence-electron chi connectivity index (χ2n) is 12.0. The van der Waals surface area contributed by atoms with Gasteiger partial charge >= 0.3 is 0 Å². The van der Waals surface area contributed by atoms with Gasteiger partial charge in [0.1, 0.15) is 12.4 Å². The second kappa shape index (κ2) is 10.5. The number of nitrogen functional groups attached to an aromatic ring is 1. The van der Waals surface area contributed by atoms with E-state index in [-0.39, 0.29) is 11.3 Å². The van der Waals surface area contributed by atoms with Crippen LogP contribution in [0.15, 0.2) is 47.4 Å². The summed E-state index contributed by atoms with van der Waals surface area (Å²) in [6, 6.07) is 15.9. The maximum atomic E-state index is 6.57. The van der Waals surface area contributed by atoms with Crippen molar-refractivity contribution in [1.82, 2.24) is 4.90 Å². The molecule has 0 spiro atoms. The Kier molecular flexibility index (Phi) is 7.42. The van der Waals surface area contributed by atoms with Crippen LogP contribution in [0.3, 0.4) is 0 Å². The number of nitrogens with zero attached hydrogens (tertiary/aromatic N) is 2. The number of thioether (sulfide) groups is 1. The van der Waals surface area contributed by atoms with E-state index in [1.807, 2.05) is 18.8 Å². The van der Waals surface area contributed by atoms with Gasteiger partial charge in [-0.3, -0.25) is 4.90 Å². The third-order valence-corrected chi connectivity index (χ3v) is 9.22. The summed E-state index contributed by atoms with van der Waals surface area (Å²) in [5, 5.41) is 1.60. The Balaban J connectivity index is 1.46. The van der Waals surface area contributed by atoms with Crippen molar-refractivity contribution in [3.63, 3.8) is 0 Å². The van der Waals surface area contributed by atoms with E-state index < -0.39 is 0 Å². The van der Waals surface area contributed by atoms with Crippen LogP contribution >= 0.6 is 11.8 Å². The molecular weight excluding hydrogens is 488 g/mol. The van der Waals surface area contributed by atoms with E-state index in [0.717, 1.165) is 55.3 Å². The fraction of sp³-hybridized carbons (Fsp3) is 0.438. The van der Waals surface area contributed by atoms with Crippen LogP contribution in [0.2, 0.25) is 0 Å². The zero-order valence-electron chi connectivity index (χ0n) is 23.7. The molecular formula is C32H42N4OS. The number of rotatable bonds is 5. The van der Waals surface area contributed by atoms with E-state index in [0.29, 0.717) is 0 Å². The molecule has 0 aromatic heterocycles. The second-order valence-corrected chi connectivity index (χ2v) is 13.2. The van der Waals surface area contributed by atoms with E-state index in [1.165, 1.54) is 44.0 Å². The number of hydrogen-bond acceptors (Lipinski definition) is 6. The SMILES string of the molecule is Cc1ccc(C(c2ccc(N(C)N)c(N)c2C)C(C)(C)C)cc1CN1CCOc2cc3c(cc2C1)CCS3. The van der Waals surface area contributed by atoms with Crippen LogP contribution in [0.25, 0.3) is 0 Å². The number of ether oxygens (including phenoxy) is 1. The van der Waals surface area contributed by atoms with Gasteiger partial charge in [-0.25, -0.2) is 5.84 Å². The van der Waals surface area contributed by atoms with Crippen LogP contribution in [-0.2, 0) is 19.5 Å². The monoisotopic (exact) mass is 530 g/mol. The quantitative estimate of drug-likeness (QED) is 0.226. The predicted molar refractivity (Wildman–Crippen MR) is 161 cm³/mol. The Morgan fingerprint density at radius 2 is 1.87 bits per heavy atom. The average molecular weight is 531 g/mol. The lowest BCUT2D eigenvalue weighted by Gasteiger charge is -2.34. The number of hydrazine groups is 1. The van der Waals surface area contributed by atoms with Crippen molar-refractivity contribution >= 4 is 23.1 Å². The molecule has 3 aromatic carbocycles. The van der Waals surface area contributed by atoms with Crippen LogP contribution in [0.4, 0.5) is 11.4 Å². The molecule has 0 saturated carbocycles. The first kappa shape index (κ1) is 26.9. The summed E-state index contributed by atoms with van der Waals surface area (Å²) in [7, 11) is 1.83. The molecule has 6 heteroatoms. The Morgan fingerprint density at radius 1 is 1.08 bits per heavy atom. The summed E-state index contributed by atoms with van der Waals surface area (Å²) < 4.78 is 6.21. The van der Waals surface area contributed by atoms with Gasteiger partial charge in [-0.05, 0) is 77.3 Å². The predicted octanol–water partition coefficient (Wildman–Crippen LogP) is 6.42. The number of aryl methyl sites for hydroxylation is 2. The van der Waals surface area contributed by atoms with Crippen LogP contribution in [0.5, 0.6) is 5.75 Å². The maximum Gasteiger partial charge on any atom is 0.124 e. The Morgan fingerprint density at radius 3 is 2.61 bits per heavy atom. The third kappa shape index (κ3) is 5.27. The first-order chi connectivity index (χ1) is 18.0. The number of hydrogen-bond donors (Lipinski definition) is 2. The number of fused-ring (bicyclic) bond motifs is 2. The van der Waals surface area contributed by atoms with Gasteiger partial charge in [0.2, 0.25) is 0 Å². The summed E-state index contributed by atoms with van der Waals surface area (Å²) in [6.45, 7) is 14.8. The fourth-order valence-corrected chi connectivity index (χ4v) is 7.11. The van der Waals surface area contributed by atoms with Crippen molar-refractivity contribution in [2.75, 3.05) is 36.7 Å². The molecule has 1 unspecified atom stereocenters. The van der Waals surface area contributed by atoms with Gasteiger partial charge in [0.15, 0.2) is 0 Å². The van der Waals surface area contributed by atoms with Crippen molar-refractivity contribution < 1.29 is 4.74 Å². The molecule has 2 aliphatic heterocycles. The smallest absolute Gasteiger partial charge is 0.124 e. The lowest BCUT2D eigenvalue weighted by Crippen LogP contribution is -2.27. The largest absolute Gasteiger partial charge is 0.492 e. The first-order valence-electron chi connectivity index (χ1n) is 13.6. The standard InChI is InChI=1S/C32H42N4OS/c1-20-7-8-23(30(32(3,4)5)26-9-10-27(35(6)34)31(33)21(26)2)16-24(20)18-36-12-13-37-28-17-29-22(11-14-38-29)15-25(28)19-36/h7-10,15-17,30H,11-14,18-19,33-34H2,1-6H3. The minimum Gasteiger partial charge on any atom is -0.492 e. The van der Waals surface area contributed by atoms with E-state index >= 15 is 0 Å². The minimum absolute atomic E-state index is 0.00757. The Bertz CT molecular complexity index is 1340. The summed E-state index contributed by atoms with van der Waals surface area (Å²) in [6.07, 6.45) is 1.16. The van der Waals surface area contributed by atoms with E-state index in [2.05, 4.69) is 82.0 Å². The topological polar surface area (TPSA) is 67.8 Å². The zero-order valence-corrected chi connectivity index (χ0v) is 24.5. The Hall–Kier alpha value is -2.67. The number of anilines is 2. The average Bonchev–Trinajstić information content (AvgIpc) is 3.20. The van der Waals surface area contributed by atoms with Crippen molar-refractivity contribution in [2.24, 2.45) is 11.3 Å². The van der Waals surface area contributed by atoms with Gasteiger partial charge in [0.05, 0.1) is 11.4 Å². The third-order valence-electron chi connectivity index (χ3n) is 8.12. The highest BCUT2D eigenvalue weighted by atomic mass is 32.2. The molecule has 5 rings (SSSR count). The van der Waals surface area contributed by atoms with Crippen molar-refractivity contribution in [3.8, 4) is 5.75 Å². The molecule has 38 heavy (non-hydrogen) atoms. The molecule has 0 aliphatic carbocycles. The summed E-state index contributed by atoms with van der Waals surface area (Å²) >= 11 is 1.95. The molecule has 202 valence electrons. The van der Waals surface area contributed by atoms with Gasteiger partial charge in [-0.2, -0.15) is 0 Å². The maximum absolute atomic E-state index is 6.57. The van der Waals surface area contributed by atoms with E-state index in [1.54, 1.807) is 5.01 Å². The lowest BCUT2D eigenvalue weighted by molar-refractivity contribution is 0.219. The highest BCUT2D eigenvalue weighted by molar-refractivity contribution is 7.99. The molecule has 2 heterocycles. The molecule has 0 bridgehead atoms. The van der Waals surface area contributed by atoms with Gasteiger partial charge < -0.3 is 15.5 Å². The highest BCUT2D eigenvalue weighted by Crippen LogP contribution is 2.45. The summed E-state index contributed by atoms with van der Waals surface area (Å²) in [5.74, 6) is 8.49. The van der Waals surface area contributed by atoms with Crippen molar-refractivity contribution in [2.45, 2.75) is 64.9 Å². The minimum atomic E-state index is 0.00757. The molecule has 0 fully saturated rings. The molecule has 0 saturated heterocycles. The van der Waals surface area contributed by atoms with Gasteiger partial charge in [-0.1, -0.05) is 45.0 Å². The number of benzene rings is 3. The van der Waals surface area contributed by atoms with E-state index in [4.69, 9.17) is 16.3 Å². The van der Waals surface area contributed by atoms with Crippen molar-refractivity contribution in [3.05, 3.63) is 81.4 Å². The highest BCUT2D eigenvalue weighted by Gasteiger charge is 2.31. The van der Waals surface area contributed by atoms with Crippen LogP contribution in [-0.4, -0.2) is 30.9 Å². The molecule has 5 nitrogen and oxygen atoms in total. The normalized spacial score (nSPS) is 16.4. The number of nitrogens with two attached hydrogens (primary N) is 2. The molecule has 1 atom stereocenters. The summed E-state index contributed by atoms with van der Waals surface area (Å²) in [4.78, 5) is 3.93. The van der Waals surface area contributed by atoms with Gasteiger partial charge in [0, 0.05) is 48.8 Å². The zero-order chi connectivity index (χ0) is 27.2. The molecule has 2 aliphatic rings. The lowest BCUT2D eigenvalue weighted by atomic mass is 9.71. The molecule has 3 aromatic rings. The van der Waals surface area contributed by atoms with Gasteiger partial charge in [-0.15, -0.1) is 11.8 Å². The van der Waals surface area contributed by atoms with Crippen molar-refractivity contribution in [1.29, 1.82) is 0 Å². The Labute approximate surface area is 232 Å². The van der Waals surface area contributed by atoms with Crippen LogP contribution in [0.1, 0.15) is 65.6 Å².